The Balaban J connectivity index is 1.81. The standard InChI is InChI=1S/C18H29N3/c1-4-5-13-14(20-21-15(13)19)18-8-12-6-16(2,10-18)9-17(3,7-12)11-18/h12H,4-11H2,1-3H3,(H3,19,20,21). The fourth-order valence-electron chi connectivity index (χ4n) is 7.05. The van der Waals surface area contributed by atoms with Crippen LogP contribution in [0.15, 0.2) is 0 Å². The number of nitrogens with one attached hydrogen (secondary N) is 1. The summed E-state index contributed by atoms with van der Waals surface area (Å²) in [6.45, 7) is 7.30. The Labute approximate surface area is 128 Å². The molecular weight excluding hydrogens is 258 g/mol. The van der Waals surface area contributed by atoms with Gasteiger partial charge in [-0.2, -0.15) is 5.10 Å². The van der Waals surface area contributed by atoms with Gasteiger partial charge in [0, 0.05) is 16.7 Å². The van der Waals surface area contributed by atoms with Crippen LogP contribution in [0, 0.1) is 16.7 Å². The third-order valence-electron chi connectivity index (χ3n) is 6.56. The molecule has 21 heavy (non-hydrogen) atoms. The molecule has 2 unspecified atom stereocenters. The lowest BCUT2D eigenvalue weighted by molar-refractivity contribution is -0.111. The molecule has 2 atom stereocenters. The summed E-state index contributed by atoms with van der Waals surface area (Å²) in [6, 6.07) is 0. The first-order valence-electron chi connectivity index (χ1n) is 8.70. The van der Waals surface area contributed by atoms with E-state index in [0.717, 1.165) is 24.6 Å². The number of nitrogen functional groups attached to an aromatic ring is 1. The quantitative estimate of drug-likeness (QED) is 0.875. The minimum atomic E-state index is 0.331. The van der Waals surface area contributed by atoms with Gasteiger partial charge in [0.1, 0.15) is 5.82 Å². The fraction of sp³-hybridized carbons (Fsp3) is 0.833. The molecule has 3 heteroatoms. The van der Waals surface area contributed by atoms with Gasteiger partial charge in [-0.05, 0) is 61.7 Å². The summed E-state index contributed by atoms with van der Waals surface area (Å²) in [5, 5.41) is 7.77. The number of aromatic nitrogens is 2. The highest BCUT2D eigenvalue weighted by Crippen LogP contribution is 2.70. The van der Waals surface area contributed by atoms with E-state index in [1.165, 1.54) is 49.8 Å². The zero-order valence-electron chi connectivity index (χ0n) is 13.8. The molecular formula is C18H29N3. The lowest BCUT2D eigenvalue weighted by Crippen LogP contribution is -2.57. The molecule has 0 spiro atoms. The van der Waals surface area contributed by atoms with Crippen LogP contribution in [-0.2, 0) is 11.8 Å². The molecule has 4 aliphatic rings. The largest absolute Gasteiger partial charge is 0.382 e. The van der Waals surface area contributed by atoms with E-state index in [9.17, 15) is 0 Å². The van der Waals surface area contributed by atoms with E-state index < -0.39 is 0 Å². The number of anilines is 1. The number of rotatable bonds is 3. The maximum absolute atomic E-state index is 6.17. The zero-order valence-corrected chi connectivity index (χ0v) is 13.8. The molecule has 5 rings (SSSR count). The highest BCUT2D eigenvalue weighted by atomic mass is 15.2. The second-order valence-electron chi connectivity index (χ2n) is 9.12. The Morgan fingerprint density at radius 1 is 1.14 bits per heavy atom. The lowest BCUT2D eigenvalue weighted by atomic mass is 9.39. The highest BCUT2D eigenvalue weighted by molar-refractivity contribution is 5.46. The van der Waals surface area contributed by atoms with Gasteiger partial charge in [-0.25, -0.2) is 0 Å². The van der Waals surface area contributed by atoms with Gasteiger partial charge in [-0.15, -0.1) is 0 Å². The van der Waals surface area contributed by atoms with Crippen LogP contribution in [0.3, 0.4) is 0 Å². The first-order valence-corrected chi connectivity index (χ1v) is 8.70. The number of hydrogen-bond donors (Lipinski definition) is 2. The molecule has 3 nitrogen and oxygen atoms in total. The lowest BCUT2D eigenvalue weighted by Gasteiger charge is -2.65. The monoisotopic (exact) mass is 287 g/mol. The Bertz CT molecular complexity index is 555. The van der Waals surface area contributed by atoms with Crippen molar-refractivity contribution in [3.8, 4) is 0 Å². The van der Waals surface area contributed by atoms with E-state index >= 15 is 0 Å². The maximum atomic E-state index is 6.17. The van der Waals surface area contributed by atoms with Gasteiger partial charge in [0.25, 0.3) is 0 Å². The van der Waals surface area contributed by atoms with Crippen molar-refractivity contribution in [2.75, 3.05) is 5.73 Å². The molecule has 116 valence electrons. The SMILES string of the molecule is CCCc1c(N)n[nH]c1C12CC3CC(C)(CC(C)(C3)C1)C2. The molecule has 1 aromatic rings. The number of aromatic amines is 1. The van der Waals surface area contributed by atoms with Crippen LogP contribution in [0.1, 0.15) is 77.0 Å². The zero-order chi connectivity index (χ0) is 14.9. The normalized spacial score (nSPS) is 44.4. The molecule has 0 saturated heterocycles. The second kappa shape index (κ2) is 4.05. The van der Waals surface area contributed by atoms with Crippen molar-refractivity contribution in [2.24, 2.45) is 16.7 Å². The van der Waals surface area contributed by atoms with Crippen LogP contribution >= 0.6 is 0 Å². The van der Waals surface area contributed by atoms with Gasteiger partial charge in [-0.3, -0.25) is 5.10 Å². The molecule has 1 heterocycles. The van der Waals surface area contributed by atoms with Gasteiger partial charge in [0.2, 0.25) is 0 Å². The predicted molar refractivity (Wildman–Crippen MR) is 86.1 cm³/mol. The summed E-state index contributed by atoms with van der Waals surface area (Å²) in [7, 11) is 0. The highest BCUT2D eigenvalue weighted by Gasteiger charge is 2.61. The first-order chi connectivity index (χ1) is 9.87. The summed E-state index contributed by atoms with van der Waals surface area (Å²) < 4.78 is 0. The van der Waals surface area contributed by atoms with E-state index in [1.807, 2.05) is 0 Å². The topological polar surface area (TPSA) is 54.7 Å². The van der Waals surface area contributed by atoms with Crippen LogP contribution < -0.4 is 5.73 Å². The van der Waals surface area contributed by atoms with Crippen LogP contribution in [-0.4, -0.2) is 10.2 Å². The Kier molecular flexibility index (Phi) is 2.64. The summed E-state index contributed by atoms with van der Waals surface area (Å²) in [6.07, 6.45) is 10.5. The molecule has 4 fully saturated rings. The van der Waals surface area contributed by atoms with Gasteiger partial charge in [0.05, 0.1) is 0 Å². The van der Waals surface area contributed by atoms with Crippen molar-refractivity contribution in [3.05, 3.63) is 11.3 Å². The van der Waals surface area contributed by atoms with Crippen molar-refractivity contribution in [3.63, 3.8) is 0 Å². The summed E-state index contributed by atoms with van der Waals surface area (Å²) in [5.41, 5.74) is 10.3. The number of H-pyrrole nitrogens is 1. The van der Waals surface area contributed by atoms with Gasteiger partial charge in [0.15, 0.2) is 0 Å². The van der Waals surface area contributed by atoms with E-state index in [0.29, 0.717) is 16.2 Å². The molecule has 0 radical (unpaired) electrons. The molecule has 3 N–H and O–H groups in total. The second-order valence-corrected chi connectivity index (χ2v) is 9.12. The molecule has 4 aliphatic carbocycles. The van der Waals surface area contributed by atoms with E-state index in [1.54, 1.807) is 0 Å². The number of hydrogen-bond acceptors (Lipinski definition) is 2. The third-order valence-corrected chi connectivity index (χ3v) is 6.56. The van der Waals surface area contributed by atoms with Crippen LogP contribution in [0.4, 0.5) is 5.82 Å². The molecule has 1 aromatic heterocycles. The van der Waals surface area contributed by atoms with Crippen molar-refractivity contribution < 1.29 is 0 Å². The summed E-state index contributed by atoms with van der Waals surface area (Å²) in [4.78, 5) is 0. The Morgan fingerprint density at radius 2 is 1.81 bits per heavy atom. The summed E-state index contributed by atoms with van der Waals surface area (Å²) >= 11 is 0. The number of nitrogens with zero attached hydrogens (tertiary/aromatic N) is 1. The number of nitrogens with two attached hydrogens (primary N) is 1. The molecule has 0 aliphatic heterocycles. The van der Waals surface area contributed by atoms with Crippen LogP contribution in [0.5, 0.6) is 0 Å². The van der Waals surface area contributed by atoms with Crippen molar-refractivity contribution >= 4 is 5.82 Å². The Hall–Kier alpha value is -0.990. The third kappa shape index (κ3) is 1.89. The minimum Gasteiger partial charge on any atom is -0.382 e. The van der Waals surface area contributed by atoms with E-state index in [4.69, 9.17) is 5.73 Å². The Morgan fingerprint density at radius 3 is 2.38 bits per heavy atom. The van der Waals surface area contributed by atoms with Gasteiger partial charge in [-0.1, -0.05) is 27.2 Å². The fourth-order valence-corrected chi connectivity index (χ4v) is 7.05. The van der Waals surface area contributed by atoms with E-state index in [2.05, 4.69) is 31.0 Å². The first kappa shape index (κ1) is 13.7. The van der Waals surface area contributed by atoms with Crippen LogP contribution in [0.25, 0.3) is 0 Å². The smallest absolute Gasteiger partial charge is 0.148 e. The predicted octanol–water partition coefficient (Wildman–Crippen LogP) is 4.19. The molecule has 0 amide bonds. The van der Waals surface area contributed by atoms with Crippen LogP contribution in [0.2, 0.25) is 0 Å². The molecule has 0 aromatic carbocycles. The maximum Gasteiger partial charge on any atom is 0.148 e. The van der Waals surface area contributed by atoms with Crippen molar-refractivity contribution in [1.82, 2.24) is 10.2 Å². The average Bonchev–Trinajstić information content (AvgIpc) is 2.67. The van der Waals surface area contributed by atoms with Gasteiger partial charge >= 0.3 is 0 Å². The van der Waals surface area contributed by atoms with Crippen molar-refractivity contribution in [2.45, 2.75) is 77.6 Å². The molecule has 4 bridgehead atoms. The minimum absolute atomic E-state index is 0.331. The summed E-state index contributed by atoms with van der Waals surface area (Å²) in [5.74, 6) is 1.66. The van der Waals surface area contributed by atoms with Crippen molar-refractivity contribution in [1.29, 1.82) is 0 Å². The van der Waals surface area contributed by atoms with E-state index in [-0.39, 0.29) is 0 Å². The average molecular weight is 287 g/mol. The van der Waals surface area contributed by atoms with Gasteiger partial charge < -0.3 is 5.73 Å². The molecule has 4 saturated carbocycles.